The molecule has 4 unspecified atom stereocenters. The highest BCUT2D eigenvalue weighted by Crippen LogP contribution is 2.25. The summed E-state index contributed by atoms with van der Waals surface area (Å²) < 4.78 is 5.72. The predicted molar refractivity (Wildman–Crippen MR) is 278 cm³/mol. The van der Waals surface area contributed by atoms with Crippen molar-refractivity contribution in [3.8, 4) is 5.75 Å². The third kappa shape index (κ3) is 18.6. The Hall–Kier alpha value is -5.38. The van der Waals surface area contributed by atoms with Crippen LogP contribution in [0, 0.1) is 11.8 Å². The topological polar surface area (TPSA) is 406 Å². The average molecular weight is 1090 g/mol. The molecule has 3 saturated heterocycles. The summed E-state index contributed by atoms with van der Waals surface area (Å²) >= 11 is 0. The number of nitrogens with zero attached hydrogens (tertiary/aromatic N) is 2. The summed E-state index contributed by atoms with van der Waals surface area (Å²) in [5.41, 5.74) is 11.2. The number of nitrogens with two attached hydrogens (primary N) is 2. The Morgan fingerprint density at radius 2 is 1.35 bits per heavy atom. The third-order valence-corrected chi connectivity index (χ3v) is 14.6. The van der Waals surface area contributed by atoms with Gasteiger partial charge in [-0.2, -0.15) is 0 Å². The Bertz CT molecular complexity index is 2120. The highest BCUT2D eigenvalue weighted by Gasteiger charge is 2.49. The van der Waals surface area contributed by atoms with E-state index in [0.717, 1.165) is 79.5 Å². The van der Waals surface area contributed by atoms with Crippen molar-refractivity contribution in [1.82, 2.24) is 36.4 Å². The lowest BCUT2D eigenvalue weighted by Crippen LogP contribution is -2.65. The van der Waals surface area contributed by atoms with Gasteiger partial charge in [0.25, 0.3) is 0 Å². The molecule has 4 rings (SSSR count). The Morgan fingerprint density at radius 1 is 0.727 bits per heavy atom. The van der Waals surface area contributed by atoms with Crippen molar-refractivity contribution in [1.29, 1.82) is 0 Å². The van der Waals surface area contributed by atoms with Crippen molar-refractivity contribution in [2.75, 3.05) is 32.8 Å². The Balaban J connectivity index is 1.73. The first kappa shape index (κ1) is 64.1. The molecule has 0 radical (unpaired) electrons. The second-order valence-electron chi connectivity index (χ2n) is 21.0. The second kappa shape index (κ2) is 31.3. The number of aliphatic hydroxyl groups is 6. The van der Waals surface area contributed by atoms with E-state index in [1.54, 1.807) is 0 Å². The van der Waals surface area contributed by atoms with Gasteiger partial charge in [0.1, 0.15) is 54.2 Å². The fourth-order valence-corrected chi connectivity index (χ4v) is 10.0. The summed E-state index contributed by atoms with van der Waals surface area (Å²) in [6.45, 7) is 6.24. The molecule has 3 fully saturated rings. The van der Waals surface area contributed by atoms with E-state index >= 15 is 0 Å². The van der Waals surface area contributed by atoms with Gasteiger partial charge in [-0.15, -0.1) is 0 Å². The van der Waals surface area contributed by atoms with Crippen molar-refractivity contribution in [3.63, 3.8) is 0 Å². The number of nitrogens with one attached hydrogen (secondary N) is 5. The molecule has 3 aliphatic rings. The predicted octanol–water partition coefficient (Wildman–Crippen LogP) is -2.74. The summed E-state index contributed by atoms with van der Waals surface area (Å²) in [6, 6.07) is -7.06. The van der Waals surface area contributed by atoms with Crippen molar-refractivity contribution in [2.24, 2.45) is 23.3 Å². The maximum Gasteiger partial charge on any atom is 0.248 e. The molecule has 77 heavy (non-hydrogen) atoms. The molecule has 1 aromatic rings. The van der Waals surface area contributed by atoms with E-state index in [1.807, 2.05) is 0 Å². The van der Waals surface area contributed by atoms with E-state index < -0.39 is 146 Å². The Morgan fingerprint density at radius 3 is 1.99 bits per heavy atom. The lowest BCUT2D eigenvalue weighted by atomic mass is 9.91. The number of hydrogen-bond acceptors (Lipinski definition) is 18. The number of unbranched alkanes of at least 4 members (excludes halogenated alkanes) is 5. The van der Waals surface area contributed by atoms with Gasteiger partial charge in [-0.05, 0) is 75.3 Å². The Labute approximate surface area is 449 Å². The van der Waals surface area contributed by atoms with Crippen LogP contribution in [0.5, 0.6) is 5.75 Å². The van der Waals surface area contributed by atoms with Crippen LogP contribution in [0.2, 0.25) is 0 Å². The summed E-state index contributed by atoms with van der Waals surface area (Å²) in [7, 11) is 0. The quantitative estimate of drug-likeness (QED) is 0.0391. The molecule has 25 nitrogen and oxygen atoms in total. The number of fused-ring (bicyclic) bond motifs is 2. The minimum absolute atomic E-state index is 0.0468. The molecule has 15 atom stereocenters. The molecule has 0 bridgehead atoms. The number of carbonyl (C=O) groups excluding carboxylic acids is 8. The molecule has 1 aromatic carbocycles. The van der Waals surface area contributed by atoms with E-state index in [-0.39, 0.29) is 56.8 Å². The van der Waals surface area contributed by atoms with E-state index in [0.29, 0.717) is 24.7 Å². The number of aliphatic hydroxyl groups excluding tert-OH is 6. The molecule has 0 aromatic heterocycles. The van der Waals surface area contributed by atoms with Gasteiger partial charge in [0.15, 0.2) is 12.0 Å². The lowest BCUT2D eigenvalue weighted by Gasteiger charge is -2.34. The molecule has 0 aliphatic carbocycles. The molecule has 0 spiro atoms. The zero-order chi connectivity index (χ0) is 57.1. The molecule has 25 heteroatoms. The van der Waals surface area contributed by atoms with Crippen molar-refractivity contribution >= 4 is 47.1 Å². The highest BCUT2D eigenvalue weighted by atomic mass is 16.5. The molecule has 16 N–H and O–H groups in total. The Kier molecular flexibility index (Phi) is 26.1. The van der Waals surface area contributed by atoms with Gasteiger partial charge in [0, 0.05) is 44.5 Å². The van der Waals surface area contributed by atoms with E-state index in [9.17, 15) is 74.1 Å². The lowest BCUT2D eigenvalue weighted by molar-refractivity contribution is -0.149. The van der Waals surface area contributed by atoms with Gasteiger partial charge in [0.05, 0.1) is 31.0 Å². The van der Waals surface area contributed by atoms with Crippen LogP contribution in [-0.4, -0.2) is 205 Å². The number of hydrogen-bond donors (Lipinski definition) is 14. The molecular weight excluding hydrogens is 1010 g/mol. The first-order valence-electron chi connectivity index (χ1n) is 27.1. The number of ketones is 1. The fourth-order valence-electron chi connectivity index (χ4n) is 10.0. The molecule has 0 saturated carbocycles. The zero-order valence-electron chi connectivity index (χ0n) is 44.8. The zero-order valence-corrected chi connectivity index (χ0v) is 44.8. The van der Waals surface area contributed by atoms with Gasteiger partial charge >= 0.3 is 0 Å². The van der Waals surface area contributed by atoms with Gasteiger partial charge in [0.2, 0.25) is 41.4 Å². The maximum atomic E-state index is 14.5. The number of carbonyl (C=O) groups is 8. The van der Waals surface area contributed by atoms with Crippen LogP contribution < -0.4 is 38.1 Å². The second-order valence-corrected chi connectivity index (χ2v) is 21.0. The molecular formula is C52H85N9O16. The third-order valence-electron chi connectivity index (χ3n) is 14.6. The van der Waals surface area contributed by atoms with E-state index in [4.69, 9.17) is 16.2 Å². The van der Waals surface area contributed by atoms with Crippen molar-refractivity contribution in [3.05, 3.63) is 29.8 Å². The van der Waals surface area contributed by atoms with Gasteiger partial charge in [-0.25, -0.2) is 0 Å². The van der Waals surface area contributed by atoms with Crippen LogP contribution in [0.1, 0.15) is 128 Å². The minimum atomic E-state index is -2.48. The fraction of sp³-hybridized carbons (Fsp3) is 0.731. The van der Waals surface area contributed by atoms with Crippen LogP contribution in [0.3, 0.4) is 0 Å². The van der Waals surface area contributed by atoms with Gasteiger partial charge in [-0.1, -0.05) is 65.7 Å². The summed E-state index contributed by atoms with van der Waals surface area (Å²) in [4.78, 5) is 115. The molecule has 3 heterocycles. The standard InChI is InChI=1S/C52H85N9O16/c1-5-28(2)24-29(3)12-10-8-6-7-9-11-13-39(68)55-34-26-38(67)50(77-23-21-54)59-49(74)43-37(66)19-22-60(43)52(76)41(36(65)18-20-53)57-48(73)42(45(70)44(69)31-14-16-32(63)17-15-31)58-47(72)35-25-33(64)27-61(35)51(75)40(30(4)62)56-46(34)71/h14-17,28-30,33-38,40-43,45,50,62-67,70H,5-13,18-27,53-54H2,1-4H3,(H,55,68)(H,56,71)(H,57,73)(H,58,72)(H,59,74)/t28?,29?,30-,33-,34+,35+,36-,37+,38-,40?,41-,42?,43+,45+,50+/m1/s1. The number of ether oxygens (including phenoxy) is 1. The number of benzene rings is 1. The van der Waals surface area contributed by atoms with Gasteiger partial charge < -0.3 is 88.3 Å². The maximum absolute atomic E-state index is 14.5. The summed E-state index contributed by atoms with van der Waals surface area (Å²) in [5, 5.41) is 89.6. The van der Waals surface area contributed by atoms with Gasteiger partial charge in [-0.3, -0.25) is 38.4 Å². The molecule has 3 aliphatic heterocycles. The van der Waals surface area contributed by atoms with Crippen molar-refractivity contribution in [2.45, 2.75) is 197 Å². The number of phenolic OH excluding ortho intramolecular Hbond substituents is 1. The number of rotatable bonds is 23. The number of aromatic hydroxyl groups is 1. The highest BCUT2D eigenvalue weighted by molar-refractivity contribution is 6.05. The molecule has 7 amide bonds. The number of Topliss-reactive ketones (excluding diaryl/α,β-unsaturated/α-hetero) is 1. The first-order valence-corrected chi connectivity index (χ1v) is 27.1. The van der Waals surface area contributed by atoms with Crippen LogP contribution >= 0.6 is 0 Å². The van der Waals surface area contributed by atoms with E-state index in [1.165, 1.54) is 6.42 Å². The smallest absolute Gasteiger partial charge is 0.248 e. The molecule has 434 valence electrons. The number of phenols is 1. The summed E-state index contributed by atoms with van der Waals surface area (Å²) in [5.74, 6) is -8.00. The number of amides is 7. The summed E-state index contributed by atoms with van der Waals surface area (Å²) in [6.07, 6.45) is -5.92. The normalized spacial score (nSPS) is 28.2. The van der Waals surface area contributed by atoms with Crippen LogP contribution in [-0.2, 0) is 38.3 Å². The van der Waals surface area contributed by atoms with Crippen molar-refractivity contribution < 1.29 is 78.8 Å². The first-order chi connectivity index (χ1) is 36.5. The van der Waals surface area contributed by atoms with Crippen LogP contribution in [0.4, 0.5) is 0 Å². The van der Waals surface area contributed by atoms with E-state index in [2.05, 4.69) is 47.4 Å². The average Bonchev–Trinajstić information content (AvgIpc) is 3.99. The largest absolute Gasteiger partial charge is 0.508 e. The monoisotopic (exact) mass is 1090 g/mol. The van der Waals surface area contributed by atoms with Crippen LogP contribution in [0.25, 0.3) is 0 Å². The SMILES string of the molecule is CCC(C)CC(C)CCCCCCCCC(=O)N[C@H]1C[C@@H](O)[C@H](OCCN)NC(=O)[C@@H]2[C@@H](O)CCN2C(=O)[C@@H]([C@H](O)CCN)NC(=O)C([C@H](O)C(=O)c2ccc(O)cc2)NC(=O)[C@@H]2C[C@@H](O)CN2C(=O)C([C@@H](C)O)NC1=O. The minimum Gasteiger partial charge on any atom is -0.508 e. The van der Waals surface area contributed by atoms with Crippen LogP contribution in [0.15, 0.2) is 24.3 Å².